The van der Waals surface area contributed by atoms with Gasteiger partial charge < -0.3 is 24.6 Å². The lowest BCUT2D eigenvalue weighted by atomic mass is 9.78. The summed E-state index contributed by atoms with van der Waals surface area (Å²) in [7, 11) is 0. The van der Waals surface area contributed by atoms with Crippen molar-refractivity contribution in [2.24, 2.45) is 11.8 Å². The third-order valence-electron chi connectivity index (χ3n) is 4.73. The third-order valence-corrected chi connectivity index (χ3v) is 5.62. The highest BCUT2D eigenvalue weighted by atomic mass is 127. The normalized spacial score (nSPS) is 25.1. The zero-order valence-corrected chi connectivity index (χ0v) is 17.4. The number of carbonyl (C=O) groups excluding carboxylic acids is 2. The largest absolute Gasteiger partial charge is 0.543 e. The van der Waals surface area contributed by atoms with Crippen LogP contribution < -0.4 is 9.84 Å². The molecule has 2 aliphatic heterocycles. The van der Waals surface area contributed by atoms with E-state index in [1.165, 1.54) is 4.90 Å². The van der Waals surface area contributed by atoms with Crippen LogP contribution >= 0.6 is 22.6 Å². The van der Waals surface area contributed by atoms with E-state index in [2.05, 4.69) is 22.6 Å². The zero-order valence-electron chi connectivity index (χ0n) is 15.2. The SMILES string of the molecule is CC.CC(O)C1C(=O)N2C(C(=O)[O-])=C(COc3ccccc3I)[C@H](C)C12. The lowest BCUT2D eigenvalue weighted by Gasteiger charge is -2.47. The number of ether oxygens (including phenoxy) is 1. The maximum atomic E-state index is 12.2. The lowest BCUT2D eigenvalue weighted by molar-refractivity contribution is -0.301. The highest BCUT2D eigenvalue weighted by Crippen LogP contribution is 2.46. The van der Waals surface area contributed by atoms with Crippen LogP contribution in [0.2, 0.25) is 0 Å². The summed E-state index contributed by atoms with van der Waals surface area (Å²) >= 11 is 2.14. The number of halogens is 1. The molecule has 0 radical (unpaired) electrons. The summed E-state index contributed by atoms with van der Waals surface area (Å²) in [6, 6.07) is 7.07. The Hall–Kier alpha value is -1.61. The maximum absolute atomic E-state index is 12.2. The minimum Gasteiger partial charge on any atom is -0.543 e. The molecule has 4 atom stereocenters. The van der Waals surface area contributed by atoms with E-state index in [0.717, 1.165) is 3.57 Å². The van der Waals surface area contributed by atoms with Gasteiger partial charge in [-0.2, -0.15) is 0 Å². The van der Waals surface area contributed by atoms with Crippen molar-refractivity contribution in [3.8, 4) is 5.75 Å². The van der Waals surface area contributed by atoms with Gasteiger partial charge in [-0.05, 0) is 47.2 Å². The smallest absolute Gasteiger partial charge is 0.235 e. The number of hydrogen-bond acceptors (Lipinski definition) is 5. The van der Waals surface area contributed by atoms with Crippen molar-refractivity contribution in [3.05, 3.63) is 39.1 Å². The average Bonchev–Trinajstić information content (AvgIpc) is 2.84. The molecule has 1 saturated heterocycles. The van der Waals surface area contributed by atoms with E-state index in [4.69, 9.17) is 4.74 Å². The molecule has 6 nitrogen and oxygen atoms in total. The van der Waals surface area contributed by atoms with Crippen LogP contribution in [0.1, 0.15) is 27.7 Å². The summed E-state index contributed by atoms with van der Waals surface area (Å²) in [5, 5.41) is 21.4. The van der Waals surface area contributed by atoms with Gasteiger partial charge in [0.1, 0.15) is 12.4 Å². The van der Waals surface area contributed by atoms with Crippen LogP contribution in [0.3, 0.4) is 0 Å². The Morgan fingerprint density at radius 3 is 2.54 bits per heavy atom. The number of nitrogens with zero attached hydrogens (tertiary/aromatic N) is 1. The minimum atomic E-state index is -1.39. The van der Waals surface area contributed by atoms with Crippen LogP contribution in [0.25, 0.3) is 0 Å². The molecule has 1 aromatic carbocycles. The molecule has 0 aliphatic carbocycles. The summed E-state index contributed by atoms with van der Waals surface area (Å²) < 4.78 is 6.68. The second-order valence-corrected chi connectivity index (χ2v) is 7.30. The van der Waals surface area contributed by atoms with Gasteiger partial charge in [-0.3, -0.25) is 4.79 Å². The van der Waals surface area contributed by atoms with Crippen molar-refractivity contribution in [1.29, 1.82) is 0 Å². The Balaban J connectivity index is 0.00000117. The molecule has 3 unspecified atom stereocenters. The number of benzene rings is 1. The first-order valence-corrected chi connectivity index (χ1v) is 9.75. The molecule has 7 heteroatoms. The highest BCUT2D eigenvalue weighted by Gasteiger charge is 2.58. The van der Waals surface area contributed by atoms with E-state index in [9.17, 15) is 19.8 Å². The van der Waals surface area contributed by atoms with Crippen molar-refractivity contribution in [2.75, 3.05) is 6.61 Å². The standard InChI is InChI=1S/C17H18INO5.C2H6/c1-8-10(7-24-12-6-4-3-5-11(12)18)15(17(22)23)19-14(8)13(9(2)20)16(19)21;1-2/h3-6,8-9,13-14,20H,7H2,1-2H3,(H,22,23);1-2H3/p-1/t8-,9?,13?,14?;/m0./s1. The molecule has 0 saturated carbocycles. The molecule has 0 aromatic heterocycles. The van der Waals surface area contributed by atoms with Gasteiger partial charge >= 0.3 is 0 Å². The van der Waals surface area contributed by atoms with Crippen LogP contribution in [-0.4, -0.2) is 40.6 Å². The summed E-state index contributed by atoms with van der Waals surface area (Å²) in [5.74, 6) is -1.89. The number of rotatable bonds is 5. The first kappa shape index (κ1) is 20.7. The molecule has 2 heterocycles. The zero-order chi connectivity index (χ0) is 19.6. The van der Waals surface area contributed by atoms with Gasteiger partial charge in [0.05, 0.1) is 33.3 Å². The minimum absolute atomic E-state index is 0.0668. The van der Waals surface area contributed by atoms with Crippen molar-refractivity contribution >= 4 is 34.5 Å². The molecule has 3 rings (SSSR count). The molecule has 26 heavy (non-hydrogen) atoms. The molecule has 1 fully saturated rings. The van der Waals surface area contributed by atoms with E-state index in [1.807, 2.05) is 39.0 Å². The van der Waals surface area contributed by atoms with Crippen molar-refractivity contribution in [3.63, 3.8) is 0 Å². The number of aliphatic hydroxyl groups is 1. The molecular weight excluding hydrogens is 449 g/mol. The number of hydrogen-bond donors (Lipinski definition) is 1. The predicted octanol–water partition coefficient (Wildman–Crippen LogP) is 1.56. The number of carboxylic acid groups (broad SMARTS) is 1. The number of amides is 1. The second-order valence-electron chi connectivity index (χ2n) is 6.13. The molecule has 142 valence electrons. The van der Waals surface area contributed by atoms with Gasteiger partial charge in [-0.15, -0.1) is 0 Å². The van der Waals surface area contributed by atoms with Crippen LogP contribution in [0.15, 0.2) is 35.5 Å². The van der Waals surface area contributed by atoms with Gasteiger partial charge in [0.15, 0.2) is 0 Å². The van der Waals surface area contributed by atoms with Gasteiger partial charge in [0, 0.05) is 5.92 Å². The molecule has 0 spiro atoms. The number of para-hydroxylation sites is 1. The van der Waals surface area contributed by atoms with Crippen molar-refractivity contribution in [1.82, 2.24) is 4.90 Å². The van der Waals surface area contributed by atoms with Crippen LogP contribution in [0, 0.1) is 15.4 Å². The molecule has 1 N–H and O–H groups in total. The number of fused-ring (bicyclic) bond motifs is 1. The Kier molecular flexibility index (Phi) is 6.68. The fourth-order valence-corrected chi connectivity index (χ4v) is 4.08. The molecule has 2 aliphatic rings. The quantitative estimate of drug-likeness (QED) is 0.519. The monoisotopic (exact) mass is 472 g/mol. The lowest BCUT2D eigenvalue weighted by Crippen LogP contribution is -2.64. The van der Waals surface area contributed by atoms with E-state index in [0.29, 0.717) is 11.3 Å². The Morgan fingerprint density at radius 1 is 1.38 bits per heavy atom. The summed E-state index contributed by atoms with van der Waals surface area (Å²) in [6.45, 7) is 7.47. The van der Waals surface area contributed by atoms with Crippen LogP contribution in [-0.2, 0) is 9.59 Å². The topological polar surface area (TPSA) is 89.9 Å². The van der Waals surface area contributed by atoms with Crippen molar-refractivity contribution in [2.45, 2.75) is 39.8 Å². The fourth-order valence-electron chi connectivity index (χ4n) is 3.54. The number of carbonyl (C=O) groups is 2. The summed E-state index contributed by atoms with van der Waals surface area (Å²) in [6.07, 6.45) is -0.820. The van der Waals surface area contributed by atoms with Gasteiger partial charge in [0.2, 0.25) is 5.91 Å². The number of β-lactam (4-membered cyclic amide) rings is 1. The Morgan fingerprint density at radius 2 is 2.00 bits per heavy atom. The fraction of sp³-hybridized carbons (Fsp3) is 0.474. The molecular formula is C19H23INO5-. The highest BCUT2D eigenvalue weighted by molar-refractivity contribution is 14.1. The summed E-state index contributed by atoms with van der Waals surface area (Å²) in [4.78, 5) is 25.0. The first-order chi connectivity index (χ1) is 12.3. The number of carboxylic acids is 1. The van der Waals surface area contributed by atoms with E-state index < -0.39 is 18.0 Å². The second kappa shape index (κ2) is 8.39. The number of aliphatic carboxylic acids is 1. The van der Waals surface area contributed by atoms with Crippen molar-refractivity contribution < 1.29 is 24.5 Å². The molecule has 1 amide bonds. The van der Waals surface area contributed by atoms with E-state index >= 15 is 0 Å². The van der Waals surface area contributed by atoms with Gasteiger partial charge in [0.25, 0.3) is 0 Å². The Bertz CT molecular complexity index is 730. The van der Waals surface area contributed by atoms with E-state index in [-0.39, 0.29) is 30.2 Å². The van der Waals surface area contributed by atoms with Crippen LogP contribution in [0.5, 0.6) is 5.75 Å². The molecule has 1 aromatic rings. The third kappa shape index (κ3) is 3.46. The van der Waals surface area contributed by atoms with E-state index in [1.54, 1.807) is 13.0 Å². The number of aliphatic hydroxyl groups excluding tert-OH is 1. The molecule has 0 bridgehead atoms. The maximum Gasteiger partial charge on any atom is 0.235 e. The Labute approximate surface area is 167 Å². The predicted molar refractivity (Wildman–Crippen MR) is 103 cm³/mol. The average molecular weight is 472 g/mol. The first-order valence-electron chi connectivity index (χ1n) is 8.67. The van der Waals surface area contributed by atoms with Gasteiger partial charge in [-0.25, -0.2) is 0 Å². The van der Waals surface area contributed by atoms with Crippen LogP contribution in [0.4, 0.5) is 0 Å². The van der Waals surface area contributed by atoms with Gasteiger partial charge in [-0.1, -0.05) is 32.9 Å². The summed E-state index contributed by atoms with van der Waals surface area (Å²) in [5.41, 5.74) is 0.413.